The molecule has 0 saturated carbocycles. The van der Waals surface area contributed by atoms with Gasteiger partial charge in [0.2, 0.25) is 0 Å². The smallest absolute Gasteiger partial charge is 0.411 e. The lowest BCUT2D eigenvalue weighted by Gasteiger charge is -2.30. The zero-order valence-corrected chi connectivity index (χ0v) is 15.6. The SMILES string of the molecule is Cc1ccc(NC(=S)C2=C(O)CN(C(=O)OC(C)(C)C)CC2=O)cc1. The van der Waals surface area contributed by atoms with E-state index in [1.807, 2.05) is 31.2 Å². The standard InChI is InChI=1S/C18H22N2O4S/c1-11-5-7-12(8-6-11)19-16(25)15-13(21)9-20(10-14(15)22)17(23)24-18(2,3)4/h5-8,21H,9-10H2,1-4H3,(H,19,25). The summed E-state index contributed by atoms with van der Waals surface area (Å²) in [7, 11) is 0. The number of carbonyl (C=O) groups excluding carboxylic acids is 2. The number of aliphatic hydroxyl groups excluding tert-OH is 1. The van der Waals surface area contributed by atoms with Crippen molar-refractivity contribution in [3.8, 4) is 0 Å². The van der Waals surface area contributed by atoms with E-state index in [9.17, 15) is 14.7 Å². The minimum Gasteiger partial charge on any atom is -0.510 e. The van der Waals surface area contributed by atoms with Gasteiger partial charge in [-0.1, -0.05) is 29.9 Å². The number of ether oxygens (including phenoxy) is 1. The number of benzene rings is 1. The molecule has 2 N–H and O–H groups in total. The zero-order chi connectivity index (χ0) is 18.8. The highest BCUT2D eigenvalue weighted by atomic mass is 32.1. The molecule has 0 atom stereocenters. The van der Waals surface area contributed by atoms with Gasteiger partial charge in [-0.2, -0.15) is 0 Å². The molecule has 0 radical (unpaired) electrons. The predicted molar refractivity (Wildman–Crippen MR) is 99.9 cm³/mol. The minimum atomic E-state index is -0.679. The van der Waals surface area contributed by atoms with Crippen LogP contribution in [0.1, 0.15) is 26.3 Å². The summed E-state index contributed by atoms with van der Waals surface area (Å²) >= 11 is 5.25. The quantitative estimate of drug-likeness (QED) is 0.786. The third-order valence-electron chi connectivity index (χ3n) is 3.43. The molecule has 1 heterocycles. The van der Waals surface area contributed by atoms with Gasteiger partial charge in [0.15, 0.2) is 5.78 Å². The molecular weight excluding hydrogens is 340 g/mol. The first-order valence-electron chi connectivity index (χ1n) is 7.88. The second-order valence-electron chi connectivity index (χ2n) is 6.90. The fourth-order valence-corrected chi connectivity index (χ4v) is 2.62. The Balaban J connectivity index is 2.12. The van der Waals surface area contributed by atoms with Crippen molar-refractivity contribution < 1.29 is 19.4 Å². The molecule has 1 aliphatic rings. The Morgan fingerprint density at radius 3 is 2.36 bits per heavy atom. The van der Waals surface area contributed by atoms with Gasteiger partial charge in [0.05, 0.1) is 18.7 Å². The molecule has 0 saturated heterocycles. The van der Waals surface area contributed by atoms with Gasteiger partial charge in [-0.15, -0.1) is 0 Å². The molecular formula is C18H22N2O4S. The monoisotopic (exact) mass is 362 g/mol. The van der Waals surface area contributed by atoms with E-state index in [0.717, 1.165) is 16.2 Å². The Labute approximate surface area is 152 Å². The largest absolute Gasteiger partial charge is 0.510 e. The maximum absolute atomic E-state index is 12.4. The number of nitrogens with one attached hydrogen (secondary N) is 1. The first-order chi connectivity index (χ1) is 11.6. The van der Waals surface area contributed by atoms with Crippen LogP contribution >= 0.6 is 12.2 Å². The molecule has 1 aromatic rings. The summed E-state index contributed by atoms with van der Waals surface area (Å²) in [4.78, 5) is 25.7. The molecule has 1 amide bonds. The Hall–Kier alpha value is -2.41. The van der Waals surface area contributed by atoms with Crippen molar-refractivity contribution in [2.45, 2.75) is 33.3 Å². The number of amides is 1. The highest BCUT2D eigenvalue weighted by Crippen LogP contribution is 2.19. The lowest BCUT2D eigenvalue weighted by atomic mass is 10.0. The van der Waals surface area contributed by atoms with Gasteiger partial charge < -0.3 is 15.2 Å². The third-order valence-corrected chi connectivity index (χ3v) is 3.74. The van der Waals surface area contributed by atoms with E-state index < -0.39 is 17.5 Å². The summed E-state index contributed by atoms with van der Waals surface area (Å²) in [6.45, 7) is 6.86. The lowest BCUT2D eigenvalue weighted by molar-refractivity contribution is -0.117. The van der Waals surface area contributed by atoms with Gasteiger partial charge in [-0.3, -0.25) is 9.69 Å². The Bertz CT molecular complexity index is 732. The van der Waals surface area contributed by atoms with Crippen molar-refractivity contribution in [3.05, 3.63) is 41.2 Å². The fraction of sp³-hybridized carbons (Fsp3) is 0.389. The van der Waals surface area contributed by atoms with Gasteiger partial charge in [0, 0.05) is 5.69 Å². The molecule has 6 nitrogen and oxygen atoms in total. The van der Waals surface area contributed by atoms with Crippen LogP contribution in [0, 0.1) is 6.92 Å². The predicted octanol–water partition coefficient (Wildman–Crippen LogP) is 3.37. The molecule has 134 valence electrons. The maximum Gasteiger partial charge on any atom is 0.411 e. The van der Waals surface area contributed by atoms with Crippen LogP contribution in [0.25, 0.3) is 0 Å². The summed E-state index contributed by atoms with van der Waals surface area (Å²) in [5, 5.41) is 13.2. The van der Waals surface area contributed by atoms with Crippen LogP contribution in [0.15, 0.2) is 35.6 Å². The van der Waals surface area contributed by atoms with E-state index in [0.29, 0.717) is 0 Å². The summed E-state index contributed by atoms with van der Waals surface area (Å²) in [6.07, 6.45) is -0.649. The normalized spacial score (nSPS) is 15.2. The zero-order valence-electron chi connectivity index (χ0n) is 14.8. The second-order valence-corrected chi connectivity index (χ2v) is 7.31. The third kappa shape index (κ3) is 5.03. The Kier molecular flexibility index (Phi) is 5.47. The van der Waals surface area contributed by atoms with Crippen LogP contribution in [0.3, 0.4) is 0 Å². The van der Waals surface area contributed by atoms with Crippen LogP contribution < -0.4 is 5.32 Å². The Morgan fingerprint density at radius 2 is 1.84 bits per heavy atom. The van der Waals surface area contributed by atoms with Gasteiger partial charge in [0.1, 0.15) is 16.3 Å². The lowest BCUT2D eigenvalue weighted by Crippen LogP contribution is -2.45. The molecule has 0 aromatic heterocycles. The molecule has 7 heteroatoms. The summed E-state index contributed by atoms with van der Waals surface area (Å²) < 4.78 is 5.23. The van der Waals surface area contributed by atoms with E-state index in [-0.39, 0.29) is 29.4 Å². The Morgan fingerprint density at radius 1 is 1.24 bits per heavy atom. The summed E-state index contributed by atoms with van der Waals surface area (Å²) in [5.74, 6) is -0.675. The first-order valence-corrected chi connectivity index (χ1v) is 8.29. The van der Waals surface area contributed by atoms with Gasteiger partial charge in [-0.05, 0) is 39.8 Å². The van der Waals surface area contributed by atoms with Crippen molar-refractivity contribution in [3.63, 3.8) is 0 Å². The van der Waals surface area contributed by atoms with Gasteiger partial charge >= 0.3 is 6.09 Å². The molecule has 1 aliphatic heterocycles. The second kappa shape index (κ2) is 7.23. The molecule has 0 fully saturated rings. The van der Waals surface area contributed by atoms with Crippen molar-refractivity contribution in [1.29, 1.82) is 0 Å². The van der Waals surface area contributed by atoms with Crippen LogP contribution in [0.4, 0.5) is 10.5 Å². The number of anilines is 1. The number of nitrogens with zero attached hydrogens (tertiary/aromatic N) is 1. The number of carbonyl (C=O) groups is 2. The number of hydrogen-bond acceptors (Lipinski definition) is 5. The molecule has 0 unspecified atom stereocenters. The molecule has 25 heavy (non-hydrogen) atoms. The average Bonchev–Trinajstić information content (AvgIpc) is 2.47. The average molecular weight is 362 g/mol. The number of aryl methyl sites for hydroxylation is 1. The van der Waals surface area contributed by atoms with E-state index in [4.69, 9.17) is 17.0 Å². The number of rotatable bonds is 2. The number of ketones is 1. The molecule has 0 aliphatic carbocycles. The van der Waals surface area contributed by atoms with Crippen molar-refractivity contribution in [2.24, 2.45) is 0 Å². The van der Waals surface area contributed by atoms with E-state index in [1.54, 1.807) is 20.8 Å². The summed E-state index contributed by atoms with van der Waals surface area (Å²) in [5.41, 5.74) is 1.18. The first kappa shape index (κ1) is 18.9. The molecule has 1 aromatic carbocycles. The van der Waals surface area contributed by atoms with Crippen LogP contribution in [-0.4, -0.2) is 45.6 Å². The van der Waals surface area contributed by atoms with Crippen molar-refractivity contribution >= 4 is 34.8 Å². The highest BCUT2D eigenvalue weighted by molar-refractivity contribution is 7.81. The highest BCUT2D eigenvalue weighted by Gasteiger charge is 2.33. The number of Topliss-reactive ketones (excluding diaryl/α,β-unsaturated/α-hetero) is 1. The number of hydrogen-bond donors (Lipinski definition) is 2. The fourth-order valence-electron chi connectivity index (χ4n) is 2.27. The molecule has 0 spiro atoms. The van der Waals surface area contributed by atoms with Crippen molar-refractivity contribution in [2.75, 3.05) is 18.4 Å². The number of thiocarbonyl (C=S) groups is 1. The van der Waals surface area contributed by atoms with Crippen molar-refractivity contribution in [1.82, 2.24) is 4.90 Å². The van der Waals surface area contributed by atoms with Crippen LogP contribution in [-0.2, 0) is 9.53 Å². The van der Waals surface area contributed by atoms with Gasteiger partial charge in [-0.25, -0.2) is 4.79 Å². The maximum atomic E-state index is 12.4. The molecule has 2 rings (SSSR count). The summed E-state index contributed by atoms with van der Waals surface area (Å²) in [6, 6.07) is 7.48. The van der Waals surface area contributed by atoms with E-state index >= 15 is 0 Å². The van der Waals surface area contributed by atoms with Crippen LogP contribution in [0.2, 0.25) is 0 Å². The topological polar surface area (TPSA) is 78.9 Å². The molecule has 0 bridgehead atoms. The number of aliphatic hydroxyl groups is 1. The van der Waals surface area contributed by atoms with E-state index in [1.165, 1.54) is 0 Å². The van der Waals surface area contributed by atoms with Gasteiger partial charge in [0.25, 0.3) is 0 Å². The van der Waals surface area contributed by atoms with E-state index in [2.05, 4.69) is 5.32 Å². The van der Waals surface area contributed by atoms with Crippen LogP contribution in [0.5, 0.6) is 0 Å². The minimum absolute atomic E-state index is 0.0374.